The molecule has 3 aliphatic rings. The monoisotopic (exact) mass is 328 g/mol. The maximum atomic E-state index is 12.5. The van der Waals surface area contributed by atoms with E-state index in [2.05, 4.69) is 27.0 Å². The lowest BCUT2D eigenvalue weighted by Gasteiger charge is -2.21. The van der Waals surface area contributed by atoms with Crippen LogP contribution in [0.5, 0.6) is 0 Å². The van der Waals surface area contributed by atoms with Crippen LogP contribution in [0.1, 0.15) is 42.6 Å². The van der Waals surface area contributed by atoms with Crippen molar-refractivity contribution in [3.05, 3.63) is 24.0 Å². The number of carbonyl (C=O) groups excluding carboxylic acids is 1. The highest BCUT2D eigenvalue weighted by Gasteiger charge is 2.39. The number of nitrogens with zero attached hydrogens (tertiary/aromatic N) is 1. The molecule has 3 atom stereocenters. The molecule has 1 aliphatic carbocycles. The average molecular weight is 328 g/mol. The van der Waals surface area contributed by atoms with Crippen molar-refractivity contribution in [2.45, 2.75) is 56.3 Å². The van der Waals surface area contributed by atoms with Gasteiger partial charge in [0, 0.05) is 40.5 Å². The first kappa shape index (κ1) is 13.7. The number of amides is 1. The number of carbonyl (C=O) groups is 1. The van der Waals surface area contributed by atoms with Crippen molar-refractivity contribution in [1.29, 1.82) is 0 Å². The van der Waals surface area contributed by atoms with Crippen LogP contribution >= 0.6 is 11.3 Å². The van der Waals surface area contributed by atoms with Crippen LogP contribution in [0.3, 0.4) is 0 Å². The molecule has 2 bridgehead atoms. The van der Waals surface area contributed by atoms with Gasteiger partial charge >= 0.3 is 0 Å². The third kappa shape index (κ3) is 2.60. The summed E-state index contributed by atoms with van der Waals surface area (Å²) in [5, 5.41) is 12.5. The van der Waals surface area contributed by atoms with E-state index in [9.17, 15) is 4.79 Å². The van der Waals surface area contributed by atoms with E-state index < -0.39 is 0 Å². The molecular weight excluding hydrogens is 308 g/mol. The molecule has 0 aromatic carbocycles. The van der Waals surface area contributed by atoms with E-state index in [4.69, 9.17) is 0 Å². The van der Waals surface area contributed by atoms with E-state index in [0.717, 1.165) is 16.5 Å². The normalized spacial score (nSPS) is 29.1. The number of hydrogen-bond acceptors (Lipinski definition) is 5. The quantitative estimate of drug-likeness (QED) is 0.807. The first-order valence-corrected chi connectivity index (χ1v) is 9.29. The van der Waals surface area contributed by atoms with E-state index in [1.165, 1.54) is 30.7 Å². The summed E-state index contributed by atoms with van der Waals surface area (Å²) in [6, 6.07) is 6.00. The molecule has 2 aromatic heterocycles. The third-order valence-electron chi connectivity index (χ3n) is 5.17. The largest absolute Gasteiger partial charge is 0.374 e. The summed E-state index contributed by atoms with van der Waals surface area (Å²) in [4.78, 5) is 16.9. The van der Waals surface area contributed by atoms with Gasteiger partial charge < -0.3 is 16.0 Å². The highest BCUT2D eigenvalue weighted by molar-refractivity contribution is 7.22. The molecule has 1 amide bonds. The summed E-state index contributed by atoms with van der Waals surface area (Å²) < 4.78 is 1.12. The molecule has 0 spiro atoms. The Kier molecular flexibility index (Phi) is 3.09. The molecule has 5 nitrogen and oxygen atoms in total. The first-order valence-electron chi connectivity index (χ1n) is 8.48. The molecular formula is C17H20N4OS. The van der Waals surface area contributed by atoms with Gasteiger partial charge in [0.1, 0.15) is 5.69 Å². The number of thiophene rings is 1. The highest BCUT2D eigenvalue weighted by Crippen LogP contribution is 2.34. The lowest BCUT2D eigenvalue weighted by Crippen LogP contribution is -2.43. The smallest absolute Gasteiger partial charge is 0.270 e. The molecule has 4 heterocycles. The summed E-state index contributed by atoms with van der Waals surface area (Å²) in [7, 11) is 0. The van der Waals surface area contributed by atoms with Crippen molar-refractivity contribution >= 4 is 32.3 Å². The van der Waals surface area contributed by atoms with Gasteiger partial charge in [-0.05, 0) is 44.2 Å². The Morgan fingerprint density at radius 2 is 2.17 bits per heavy atom. The van der Waals surface area contributed by atoms with Crippen LogP contribution in [0.15, 0.2) is 18.3 Å². The number of aromatic nitrogens is 1. The standard InChI is InChI=1S/C17H20N4OS/c22-17(21-13-6-11-3-4-12(13)19-11)14-7-15-9(8-18-14)5-16(23-15)20-10-1-2-10/h5,7-8,10-13,19-20H,1-4,6H2,(H,21,22)/t11-,12+,13-/m1/s1. The van der Waals surface area contributed by atoms with E-state index in [0.29, 0.717) is 23.8 Å². The Morgan fingerprint density at radius 3 is 2.91 bits per heavy atom. The molecule has 0 radical (unpaired) electrons. The van der Waals surface area contributed by atoms with Gasteiger partial charge in [-0.25, -0.2) is 0 Å². The number of fused-ring (bicyclic) bond motifs is 3. The van der Waals surface area contributed by atoms with Crippen molar-refractivity contribution in [3.63, 3.8) is 0 Å². The predicted octanol–water partition coefficient (Wildman–Crippen LogP) is 2.49. The number of pyridine rings is 1. The minimum atomic E-state index is -0.0450. The maximum absolute atomic E-state index is 12.5. The minimum Gasteiger partial charge on any atom is -0.374 e. The second kappa shape index (κ2) is 5.18. The van der Waals surface area contributed by atoms with Gasteiger partial charge in [0.05, 0.1) is 5.00 Å². The summed E-state index contributed by atoms with van der Waals surface area (Å²) in [5.41, 5.74) is 0.528. The molecule has 120 valence electrons. The van der Waals surface area contributed by atoms with Crippen molar-refractivity contribution in [1.82, 2.24) is 15.6 Å². The van der Waals surface area contributed by atoms with Crippen LogP contribution < -0.4 is 16.0 Å². The van der Waals surface area contributed by atoms with Crippen LogP contribution in [0.4, 0.5) is 5.00 Å². The Labute approximate surface area is 138 Å². The fraction of sp³-hybridized carbons (Fsp3) is 0.529. The average Bonchev–Trinajstić information content (AvgIpc) is 2.97. The SMILES string of the molecule is O=C(N[C@@H]1C[C@H]2CC[C@@H]1N2)c1cc2sc(NC3CC3)cc2cn1. The van der Waals surface area contributed by atoms with Crippen LogP contribution in [-0.2, 0) is 0 Å². The molecule has 23 heavy (non-hydrogen) atoms. The summed E-state index contributed by atoms with van der Waals surface area (Å²) in [5.74, 6) is -0.0450. The number of rotatable bonds is 4. The van der Waals surface area contributed by atoms with E-state index in [1.54, 1.807) is 11.3 Å². The lowest BCUT2D eigenvalue weighted by atomic mass is 9.95. The minimum absolute atomic E-state index is 0.0450. The molecule has 2 aromatic rings. The lowest BCUT2D eigenvalue weighted by molar-refractivity contribution is 0.0926. The highest BCUT2D eigenvalue weighted by atomic mass is 32.1. The number of nitrogens with one attached hydrogen (secondary N) is 3. The summed E-state index contributed by atoms with van der Waals surface area (Å²) in [6.07, 6.45) is 7.80. The molecule has 2 aliphatic heterocycles. The van der Waals surface area contributed by atoms with Crippen molar-refractivity contribution in [3.8, 4) is 0 Å². The van der Waals surface area contributed by atoms with Gasteiger partial charge in [-0.3, -0.25) is 9.78 Å². The van der Waals surface area contributed by atoms with Gasteiger partial charge in [-0.2, -0.15) is 0 Å². The van der Waals surface area contributed by atoms with Gasteiger partial charge in [0.25, 0.3) is 5.91 Å². The topological polar surface area (TPSA) is 66.1 Å². The zero-order valence-corrected chi connectivity index (χ0v) is 13.7. The molecule has 6 heteroatoms. The Balaban J connectivity index is 1.33. The Hall–Kier alpha value is -1.66. The zero-order valence-electron chi connectivity index (χ0n) is 12.8. The van der Waals surface area contributed by atoms with Crippen LogP contribution in [0, 0.1) is 0 Å². The zero-order chi connectivity index (χ0) is 15.4. The fourth-order valence-electron chi connectivity index (χ4n) is 3.78. The van der Waals surface area contributed by atoms with Crippen molar-refractivity contribution in [2.24, 2.45) is 0 Å². The van der Waals surface area contributed by atoms with Crippen molar-refractivity contribution in [2.75, 3.05) is 5.32 Å². The van der Waals surface area contributed by atoms with Crippen molar-refractivity contribution < 1.29 is 4.79 Å². The van der Waals surface area contributed by atoms with E-state index >= 15 is 0 Å². The Morgan fingerprint density at radius 1 is 1.26 bits per heavy atom. The Bertz CT molecular complexity index is 769. The van der Waals surface area contributed by atoms with Gasteiger partial charge in [0.15, 0.2) is 0 Å². The van der Waals surface area contributed by atoms with Gasteiger partial charge in [0.2, 0.25) is 0 Å². The number of anilines is 1. The molecule has 5 rings (SSSR count). The van der Waals surface area contributed by atoms with Crippen LogP contribution in [0.2, 0.25) is 0 Å². The molecule has 1 saturated carbocycles. The van der Waals surface area contributed by atoms with Crippen LogP contribution in [0.25, 0.3) is 10.1 Å². The first-order chi connectivity index (χ1) is 11.2. The summed E-state index contributed by atoms with van der Waals surface area (Å²) in [6.45, 7) is 0. The van der Waals surface area contributed by atoms with Gasteiger partial charge in [-0.15, -0.1) is 11.3 Å². The molecule has 2 saturated heterocycles. The molecule has 0 unspecified atom stereocenters. The van der Waals surface area contributed by atoms with E-state index in [-0.39, 0.29) is 11.9 Å². The molecule has 3 N–H and O–H groups in total. The number of hydrogen-bond donors (Lipinski definition) is 3. The molecule has 3 fully saturated rings. The second-order valence-corrected chi connectivity index (χ2v) is 8.08. The second-order valence-electron chi connectivity index (χ2n) is 7.00. The predicted molar refractivity (Wildman–Crippen MR) is 92.1 cm³/mol. The van der Waals surface area contributed by atoms with E-state index in [1.807, 2.05) is 12.3 Å². The summed E-state index contributed by atoms with van der Waals surface area (Å²) >= 11 is 1.71. The maximum Gasteiger partial charge on any atom is 0.270 e. The fourth-order valence-corrected chi connectivity index (χ4v) is 4.83. The van der Waals surface area contributed by atoms with Crippen LogP contribution in [-0.4, -0.2) is 35.1 Å². The third-order valence-corrected chi connectivity index (χ3v) is 6.20. The van der Waals surface area contributed by atoms with Gasteiger partial charge in [-0.1, -0.05) is 0 Å².